The van der Waals surface area contributed by atoms with Crippen LogP contribution in [0.3, 0.4) is 0 Å². The van der Waals surface area contributed by atoms with Gasteiger partial charge in [0.25, 0.3) is 0 Å². The van der Waals surface area contributed by atoms with Gasteiger partial charge in [-0.2, -0.15) is 0 Å². The first kappa shape index (κ1) is 14.9. The predicted molar refractivity (Wildman–Crippen MR) is 81.5 cm³/mol. The lowest BCUT2D eigenvalue weighted by molar-refractivity contribution is 0.238. The van der Waals surface area contributed by atoms with Gasteiger partial charge in [0, 0.05) is 11.5 Å². The zero-order valence-electron chi connectivity index (χ0n) is 12.9. The van der Waals surface area contributed by atoms with E-state index in [1.165, 1.54) is 36.3 Å². The average molecular weight is 281 g/mol. The summed E-state index contributed by atoms with van der Waals surface area (Å²) in [5.41, 5.74) is 1.26. The molecule has 1 fully saturated rings. The summed E-state index contributed by atoms with van der Waals surface area (Å²) < 4.78 is 4.22. The third-order valence-electron chi connectivity index (χ3n) is 4.35. The molecule has 19 heavy (non-hydrogen) atoms. The normalized spacial score (nSPS) is 26.4. The molecule has 1 aromatic rings. The second kappa shape index (κ2) is 5.88. The van der Waals surface area contributed by atoms with E-state index in [4.69, 9.17) is 0 Å². The fraction of sp³-hybridized carbons (Fsp3) is 0.867. The van der Waals surface area contributed by atoms with Crippen LogP contribution in [0, 0.1) is 11.8 Å². The van der Waals surface area contributed by atoms with Crippen LogP contribution in [0.1, 0.15) is 70.0 Å². The molecule has 0 aliphatic heterocycles. The molecule has 0 amide bonds. The van der Waals surface area contributed by atoms with Gasteiger partial charge in [-0.05, 0) is 43.3 Å². The molecule has 1 aromatic heterocycles. The van der Waals surface area contributed by atoms with Gasteiger partial charge in [0.05, 0.1) is 10.6 Å². The second-order valence-electron chi connectivity index (χ2n) is 7.02. The van der Waals surface area contributed by atoms with E-state index < -0.39 is 0 Å². The van der Waals surface area contributed by atoms with E-state index in [-0.39, 0.29) is 5.41 Å². The quantitative estimate of drug-likeness (QED) is 0.912. The van der Waals surface area contributed by atoms with E-state index in [0.717, 1.165) is 11.8 Å². The Kier molecular flexibility index (Phi) is 4.62. The molecule has 4 heteroatoms. The van der Waals surface area contributed by atoms with Crippen LogP contribution in [0.25, 0.3) is 0 Å². The molecule has 1 atom stereocenters. The molecule has 108 valence electrons. The zero-order chi connectivity index (χ0) is 14.0. The minimum absolute atomic E-state index is 0.0827. The van der Waals surface area contributed by atoms with Gasteiger partial charge in [-0.25, -0.2) is 0 Å². The lowest BCUT2D eigenvalue weighted by atomic mass is 9.77. The SMILES string of the molecule is CNC(c1snnc1C(C)(C)C)C1CCC(C)CC1. The fourth-order valence-corrected chi connectivity index (χ4v) is 4.19. The molecule has 0 aromatic carbocycles. The van der Waals surface area contributed by atoms with Crippen molar-refractivity contribution in [3.8, 4) is 0 Å². The number of nitrogens with zero attached hydrogens (tertiary/aromatic N) is 2. The summed E-state index contributed by atoms with van der Waals surface area (Å²) in [7, 11) is 2.08. The Hall–Kier alpha value is -0.480. The maximum Gasteiger partial charge on any atom is 0.0857 e. The van der Waals surface area contributed by atoms with Gasteiger partial charge in [0.2, 0.25) is 0 Å². The lowest BCUT2D eigenvalue weighted by Gasteiger charge is -2.33. The van der Waals surface area contributed by atoms with Crippen molar-refractivity contribution in [2.75, 3.05) is 7.05 Å². The number of aromatic nitrogens is 2. The molecule has 1 unspecified atom stereocenters. The maximum atomic E-state index is 4.39. The molecule has 1 saturated carbocycles. The van der Waals surface area contributed by atoms with Crippen LogP contribution in [0.5, 0.6) is 0 Å². The molecule has 3 nitrogen and oxygen atoms in total. The van der Waals surface area contributed by atoms with E-state index in [1.807, 2.05) is 0 Å². The first-order valence-electron chi connectivity index (χ1n) is 7.43. The Balaban J connectivity index is 2.20. The second-order valence-corrected chi connectivity index (χ2v) is 7.81. The highest BCUT2D eigenvalue weighted by Gasteiger charge is 2.32. The molecular formula is C15H27N3S. The van der Waals surface area contributed by atoms with Crippen LogP contribution in [0.15, 0.2) is 0 Å². The van der Waals surface area contributed by atoms with Crippen molar-refractivity contribution in [2.24, 2.45) is 11.8 Å². The van der Waals surface area contributed by atoms with Crippen molar-refractivity contribution in [3.05, 3.63) is 10.6 Å². The Morgan fingerprint density at radius 3 is 2.37 bits per heavy atom. The smallest absolute Gasteiger partial charge is 0.0857 e. The standard InChI is InChI=1S/C15H27N3S/c1-10-6-8-11(9-7-10)12(16-5)13-14(15(2,3)4)17-18-19-13/h10-12,16H,6-9H2,1-5H3. The fourth-order valence-electron chi connectivity index (χ4n) is 3.12. The molecule has 0 spiro atoms. The largest absolute Gasteiger partial charge is 0.312 e. The molecule has 1 aliphatic rings. The minimum atomic E-state index is 0.0827. The van der Waals surface area contributed by atoms with E-state index in [0.29, 0.717) is 6.04 Å². The van der Waals surface area contributed by atoms with Crippen LogP contribution in [0.4, 0.5) is 0 Å². The van der Waals surface area contributed by atoms with E-state index in [1.54, 1.807) is 11.5 Å². The maximum absolute atomic E-state index is 4.39. The number of hydrogen-bond acceptors (Lipinski definition) is 4. The molecule has 1 aliphatic carbocycles. The van der Waals surface area contributed by atoms with Crippen LogP contribution >= 0.6 is 11.5 Å². The van der Waals surface area contributed by atoms with Gasteiger partial charge < -0.3 is 5.32 Å². The van der Waals surface area contributed by atoms with Crippen molar-refractivity contribution in [1.29, 1.82) is 0 Å². The summed E-state index contributed by atoms with van der Waals surface area (Å²) in [5.74, 6) is 1.64. The lowest BCUT2D eigenvalue weighted by Crippen LogP contribution is -2.30. The summed E-state index contributed by atoms with van der Waals surface area (Å²) in [5, 5.41) is 7.93. The van der Waals surface area contributed by atoms with Gasteiger partial charge in [-0.1, -0.05) is 45.0 Å². The predicted octanol–water partition coefficient (Wildman–Crippen LogP) is 3.92. The number of hydrogen-bond donors (Lipinski definition) is 1. The summed E-state index contributed by atoms with van der Waals surface area (Å²) in [6, 6.07) is 0.432. The van der Waals surface area contributed by atoms with Crippen molar-refractivity contribution in [1.82, 2.24) is 14.9 Å². The van der Waals surface area contributed by atoms with E-state index >= 15 is 0 Å². The van der Waals surface area contributed by atoms with Gasteiger partial charge in [-0.15, -0.1) is 5.10 Å². The van der Waals surface area contributed by atoms with Crippen molar-refractivity contribution < 1.29 is 0 Å². The molecular weight excluding hydrogens is 254 g/mol. The van der Waals surface area contributed by atoms with E-state index in [9.17, 15) is 0 Å². The molecule has 0 radical (unpaired) electrons. The minimum Gasteiger partial charge on any atom is -0.312 e. The highest BCUT2D eigenvalue weighted by Crippen LogP contribution is 2.40. The van der Waals surface area contributed by atoms with Crippen LogP contribution < -0.4 is 5.32 Å². The van der Waals surface area contributed by atoms with Crippen LogP contribution in [0.2, 0.25) is 0 Å². The Morgan fingerprint density at radius 1 is 1.21 bits per heavy atom. The summed E-state index contributed by atoms with van der Waals surface area (Å²) in [4.78, 5) is 1.36. The number of rotatable bonds is 3. The van der Waals surface area contributed by atoms with Gasteiger partial charge in [-0.3, -0.25) is 0 Å². The average Bonchev–Trinajstić information content (AvgIpc) is 2.81. The highest BCUT2D eigenvalue weighted by atomic mass is 32.1. The van der Waals surface area contributed by atoms with Crippen molar-refractivity contribution in [2.45, 2.75) is 64.8 Å². The Bertz CT molecular complexity index is 400. The van der Waals surface area contributed by atoms with E-state index in [2.05, 4.69) is 49.6 Å². The zero-order valence-corrected chi connectivity index (χ0v) is 13.7. The Morgan fingerprint density at radius 2 is 1.84 bits per heavy atom. The van der Waals surface area contributed by atoms with Gasteiger partial charge in [0.15, 0.2) is 0 Å². The first-order valence-corrected chi connectivity index (χ1v) is 8.20. The monoisotopic (exact) mass is 281 g/mol. The van der Waals surface area contributed by atoms with Crippen LogP contribution in [-0.2, 0) is 5.41 Å². The third kappa shape index (κ3) is 3.34. The van der Waals surface area contributed by atoms with Crippen molar-refractivity contribution in [3.63, 3.8) is 0 Å². The molecule has 2 rings (SSSR count). The summed E-state index contributed by atoms with van der Waals surface area (Å²) >= 11 is 1.58. The number of nitrogens with one attached hydrogen (secondary N) is 1. The van der Waals surface area contributed by atoms with Crippen LogP contribution in [-0.4, -0.2) is 16.6 Å². The molecule has 1 heterocycles. The molecule has 0 saturated heterocycles. The summed E-state index contributed by atoms with van der Waals surface area (Å²) in [6.07, 6.45) is 5.38. The topological polar surface area (TPSA) is 37.8 Å². The molecule has 0 bridgehead atoms. The Labute approximate surface area is 121 Å². The van der Waals surface area contributed by atoms with Gasteiger partial charge >= 0.3 is 0 Å². The van der Waals surface area contributed by atoms with Gasteiger partial charge in [0.1, 0.15) is 0 Å². The first-order chi connectivity index (χ1) is 8.93. The highest BCUT2D eigenvalue weighted by molar-refractivity contribution is 7.05. The third-order valence-corrected chi connectivity index (χ3v) is 5.16. The van der Waals surface area contributed by atoms with Crippen molar-refractivity contribution >= 4 is 11.5 Å². The molecule has 1 N–H and O–H groups in total. The summed E-state index contributed by atoms with van der Waals surface area (Å²) in [6.45, 7) is 9.05.